The van der Waals surface area contributed by atoms with Gasteiger partial charge in [-0.3, -0.25) is 0 Å². The van der Waals surface area contributed by atoms with Crippen molar-refractivity contribution in [3.05, 3.63) is 35.4 Å². The van der Waals surface area contributed by atoms with Gasteiger partial charge in [0.15, 0.2) is 0 Å². The van der Waals surface area contributed by atoms with Gasteiger partial charge in [0, 0.05) is 18.9 Å². The predicted molar refractivity (Wildman–Crippen MR) is 63.0 cm³/mol. The Labute approximate surface area is 109 Å². The van der Waals surface area contributed by atoms with Crippen LogP contribution in [0.25, 0.3) is 0 Å². The van der Waals surface area contributed by atoms with Crippen molar-refractivity contribution in [2.45, 2.75) is 44.1 Å². The van der Waals surface area contributed by atoms with E-state index in [4.69, 9.17) is 0 Å². The van der Waals surface area contributed by atoms with Crippen molar-refractivity contribution in [1.82, 2.24) is 0 Å². The Morgan fingerprint density at radius 1 is 1.11 bits per heavy atom. The molecule has 1 aliphatic rings. The van der Waals surface area contributed by atoms with Crippen LogP contribution >= 0.6 is 0 Å². The largest absolute Gasteiger partial charge is 0.392 e. The molecule has 0 saturated heterocycles. The Hall–Kier alpha value is -1.10. The average Bonchev–Trinajstić information content (AvgIpc) is 2.26. The van der Waals surface area contributed by atoms with Gasteiger partial charge in [-0.15, -0.1) is 0 Å². The van der Waals surface area contributed by atoms with Gasteiger partial charge >= 0.3 is 0 Å². The summed E-state index contributed by atoms with van der Waals surface area (Å²) in [5.74, 6) is -4.26. The lowest BCUT2D eigenvalue weighted by atomic mass is 9.81. The van der Waals surface area contributed by atoms with E-state index in [2.05, 4.69) is 0 Å². The minimum Gasteiger partial charge on any atom is -0.392 e. The first-order valence-corrected chi connectivity index (χ1v) is 6.36. The third kappa shape index (κ3) is 3.93. The van der Waals surface area contributed by atoms with Crippen LogP contribution in [0.2, 0.25) is 0 Å². The van der Waals surface area contributed by atoms with Crippen LogP contribution in [0.1, 0.15) is 31.2 Å². The summed E-state index contributed by atoms with van der Waals surface area (Å²) in [4.78, 5) is 0. The third-order valence-corrected chi connectivity index (χ3v) is 3.67. The molecule has 1 aromatic rings. The molecular formula is C14H16F4O. The highest BCUT2D eigenvalue weighted by Gasteiger charge is 2.37. The summed E-state index contributed by atoms with van der Waals surface area (Å²) in [7, 11) is 0. The zero-order valence-corrected chi connectivity index (χ0v) is 10.4. The summed E-state index contributed by atoms with van der Waals surface area (Å²) in [5, 5.41) is 9.99. The maximum Gasteiger partial charge on any atom is 0.248 e. The average molecular weight is 276 g/mol. The molecule has 1 fully saturated rings. The van der Waals surface area contributed by atoms with E-state index >= 15 is 0 Å². The monoisotopic (exact) mass is 276 g/mol. The third-order valence-electron chi connectivity index (χ3n) is 3.67. The Bertz CT molecular complexity index is 417. The molecule has 19 heavy (non-hydrogen) atoms. The molecule has 1 aromatic carbocycles. The highest BCUT2D eigenvalue weighted by molar-refractivity contribution is 5.18. The highest BCUT2D eigenvalue weighted by atomic mass is 19.3. The second-order valence-corrected chi connectivity index (χ2v) is 5.24. The summed E-state index contributed by atoms with van der Waals surface area (Å²) < 4.78 is 52.0. The van der Waals surface area contributed by atoms with E-state index in [1.54, 1.807) is 0 Å². The molecule has 0 aliphatic heterocycles. The van der Waals surface area contributed by atoms with Crippen molar-refractivity contribution < 1.29 is 22.7 Å². The quantitative estimate of drug-likeness (QED) is 0.835. The molecule has 0 radical (unpaired) electrons. The van der Waals surface area contributed by atoms with Crippen LogP contribution in [0.5, 0.6) is 0 Å². The van der Waals surface area contributed by atoms with Crippen LogP contribution in [-0.2, 0) is 6.42 Å². The molecule has 5 heteroatoms. The zero-order chi connectivity index (χ0) is 14.0. The Morgan fingerprint density at radius 2 is 1.63 bits per heavy atom. The minimum absolute atomic E-state index is 0.0882. The number of aliphatic hydroxyl groups excluding tert-OH is 1. The number of hydrogen-bond acceptors (Lipinski definition) is 1. The summed E-state index contributed by atoms with van der Waals surface area (Å²) in [6.45, 7) is 0. The SMILES string of the molecule is OC(Cc1cc(F)cc(F)c1)C1CCC(F)(F)CC1. The van der Waals surface area contributed by atoms with Crippen LogP contribution in [0, 0.1) is 17.6 Å². The standard InChI is InChI=1S/C14H16F4O/c15-11-5-9(6-12(16)8-11)7-13(19)10-1-3-14(17,18)4-2-10/h5-6,8,10,13,19H,1-4,7H2. The first-order chi connectivity index (χ1) is 8.85. The lowest BCUT2D eigenvalue weighted by Gasteiger charge is -2.31. The summed E-state index contributed by atoms with van der Waals surface area (Å²) in [6, 6.07) is 3.07. The zero-order valence-electron chi connectivity index (χ0n) is 10.4. The smallest absolute Gasteiger partial charge is 0.248 e. The van der Waals surface area contributed by atoms with Crippen molar-refractivity contribution in [3.8, 4) is 0 Å². The van der Waals surface area contributed by atoms with Crippen molar-refractivity contribution >= 4 is 0 Å². The molecular weight excluding hydrogens is 260 g/mol. The number of benzene rings is 1. The van der Waals surface area contributed by atoms with E-state index in [9.17, 15) is 22.7 Å². The Morgan fingerprint density at radius 3 is 2.16 bits per heavy atom. The molecule has 1 N–H and O–H groups in total. The van der Waals surface area contributed by atoms with Crippen LogP contribution in [0.3, 0.4) is 0 Å². The second kappa shape index (κ2) is 5.49. The van der Waals surface area contributed by atoms with Gasteiger partial charge < -0.3 is 5.11 Å². The molecule has 1 unspecified atom stereocenters. The number of halogens is 4. The molecule has 0 amide bonds. The van der Waals surface area contributed by atoms with Crippen LogP contribution in [0.4, 0.5) is 17.6 Å². The molecule has 0 heterocycles. The van der Waals surface area contributed by atoms with E-state index in [0.29, 0.717) is 5.56 Å². The van der Waals surface area contributed by atoms with Crippen molar-refractivity contribution in [3.63, 3.8) is 0 Å². The Balaban J connectivity index is 1.96. The molecule has 1 saturated carbocycles. The maximum atomic E-state index is 13.0. The first kappa shape index (κ1) is 14.3. The molecule has 0 bridgehead atoms. The van der Waals surface area contributed by atoms with E-state index in [0.717, 1.165) is 18.2 Å². The number of hydrogen-bond donors (Lipinski definition) is 1. The fraction of sp³-hybridized carbons (Fsp3) is 0.571. The molecule has 0 spiro atoms. The highest BCUT2D eigenvalue weighted by Crippen LogP contribution is 2.38. The lowest BCUT2D eigenvalue weighted by Crippen LogP contribution is -2.32. The summed E-state index contributed by atoms with van der Waals surface area (Å²) >= 11 is 0. The summed E-state index contributed by atoms with van der Waals surface area (Å²) in [5.41, 5.74) is 0.349. The predicted octanol–water partition coefficient (Wildman–Crippen LogP) is 3.69. The molecule has 106 valence electrons. The number of aliphatic hydroxyl groups is 1. The van der Waals surface area contributed by atoms with Crippen LogP contribution in [-0.4, -0.2) is 17.1 Å². The molecule has 1 atom stereocenters. The minimum atomic E-state index is -2.64. The lowest BCUT2D eigenvalue weighted by molar-refractivity contribution is -0.0619. The van der Waals surface area contributed by atoms with Gasteiger partial charge in [0.1, 0.15) is 11.6 Å². The Kier molecular flexibility index (Phi) is 4.13. The molecule has 2 rings (SSSR count). The van der Waals surface area contributed by atoms with Crippen molar-refractivity contribution in [2.75, 3.05) is 0 Å². The van der Waals surface area contributed by atoms with Gasteiger partial charge in [0.25, 0.3) is 0 Å². The topological polar surface area (TPSA) is 20.2 Å². The van der Waals surface area contributed by atoms with Gasteiger partial charge in [-0.25, -0.2) is 17.6 Å². The van der Waals surface area contributed by atoms with Gasteiger partial charge in [0.2, 0.25) is 5.92 Å². The number of rotatable bonds is 3. The van der Waals surface area contributed by atoms with Crippen molar-refractivity contribution in [1.29, 1.82) is 0 Å². The van der Waals surface area contributed by atoms with E-state index in [-0.39, 0.29) is 38.0 Å². The fourth-order valence-corrected chi connectivity index (χ4v) is 2.58. The molecule has 1 nitrogen and oxygen atoms in total. The van der Waals surface area contributed by atoms with Gasteiger partial charge in [0.05, 0.1) is 6.10 Å². The van der Waals surface area contributed by atoms with Gasteiger partial charge in [-0.05, 0) is 42.9 Å². The summed E-state index contributed by atoms with van der Waals surface area (Å²) in [6.07, 6.45) is -0.723. The number of alkyl halides is 2. The van der Waals surface area contributed by atoms with Crippen molar-refractivity contribution in [2.24, 2.45) is 5.92 Å². The van der Waals surface area contributed by atoms with Gasteiger partial charge in [-0.2, -0.15) is 0 Å². The normalized spacial score (nSPS) is 21.3. The second-order valence-electron chi connectivity index (χ2n) is 5.24. The van der Waals surface area contributed by atoms with E-state index in [1.807, 2.05) is 0 Å². The van der Waals surface area contributed by atoms with E-state index in [1.165, 1.54) is 0 Å². The fourth-order valence-electron chi connectivity index (χ4n) is 2.58. The maximum absolute atomic E-state index is 13.0. The van der Waals surface area contributed by atoms with E-state index < -0.39 is 23.7 Å². The first-order valence-electron chi connectivity index (χ1n) is 6.36. The van der Waals surface area contributed by atoms with Gasteiger partial charge in [-0.1, -0.05) is 0 Å². The molecule has 0 aromatic heterocycles. The van der Waals surface area contributed by atoms with Crippen LogP contribution < -0.4 is 0 Å². The molecule has 1 aliphatic carbocycles. The van der Waals surface area contributed by atoms with Crippen LogP contribution in [0.15, 0.2) is 18.2 Å².